The van der Waals surface area contributed by atoms with Crippen LogP contribution in [0.15, 0.2) is 29.2 Å². The number of nitrogens with zero attached hydrogens (tertiary/aromatic N) is 2. The number of aliphatic hydroxyl groups is 1. The smallest absolute Gasteiger partial charge is 0.266 e. The van der Waals surface area contributed by atoms with Gasteiger partial charge in [-0.3, -0.25) is 14.5 Å². The molecule has 0 aromatic heterocycles. The zero-order valence-electron chi connectivity index (χ0n) is 15.6. The Bertz CT molecular complexity index is 812. The second kappa shape index (κ2) is 9.15. The molecule has 2 atom stereocenters. The summed E-state index contributed by atoms with van der Waals surface area (Å²) >= 11 is 6.42. The summed E-state index contributed by atoms with van der Waals surface area (Å²) in [5.41, 5.74) is 0.306. The second-order valence-electron chi connectivity index (χ2n) is 6.94. The summed E-state index contributed by atoms with van der Waals surface area (Å²) < 4.78 is 14.2. The Kier molecular flexibility index (Phi) is 6.85. The van der Waals surface area contributed by atoms with Gasteiger partial charge in [0.1, 0.15) is 16.2 Å². The molecule has 150 valence electrons. The first-order valence-electron chi connectivity index (χ1n) is 9.37. The highest BCUT2D eigenvalue weighted by molar-refractivity contribution is 8.26. The maximum atomic E-state index is 13.9. The van der Waals surface area contributed by atoms with Crippen LogP contribution >= 0.6 is 24.0 Å². The topological polar surface area (TPSA) is 60.9 Å². The van der Waals surface area contributed by atoms with E-state index in [1.807, 2.05) is 0 Å². The largest absolute Gasteiger partial charge is 0.396 e. The fourth-order valence-electron chi connectivity index (χ4n) is 3.64. The summed E-state index contributed by atoms with van der Waals surface area (Å²) in [5.74, 6) is -0.964. The molecule has 2 aliphatic heterocycles. The van der Waals surface area contributed by atoms with E-state index in [0.29, 0.717) is 27.8 Å². The van der Waals surface area contributed by atoms with Crippen molar-refractivity contribution in [3.05, 3.63) is 40.6 Å². The van der Waals surface area contributed by atoms with E-state index in [-0.39, 0.29) is 24.5 Å². The molecule has 0 aliphatic carbocycles. The van der Waals surface area contributed by atoms with Crippen LogP contribution in [0.25, 0.3) is 6.08 Å². The standard InChI is InChI=1S/C20H23FN2O3S2/c1-13(18(25)22-10-5-4-7-15(22)9-11-24)23-19(26)17(28-20(23)27)12-14-6-2-3-8-16(14)21/h2-3,6,8,12-13,15,24H,4-5,7,9-11H2,1H3. The van der Waals surface area contributed by atoms with Crippen molar-refractivity contribution in [1.29, 1.82) is 0 Å². The number of thioether (sulfide) groups is 1. The number of piperidine rings is 1. The Morgan fingerprint density at radius 3 is 2.89 bits per heavy atom. The van der Waals surface area contributed by atoms with Crippen molar-refractivity contribution in [3.63, 3.8) is 0 Å². The van der Waals surface area contributed by atoms with E-state index in [9.17, 15) is 19.1 Å². The third kappa shape index (κ3) is 4.29. The van der Waals surface area contributed by atoms with Gasteiger partial charge in [-0.1, -0.05) is 42.2 Å². The van der Waals surface area contributed by atoms with E-state index in [2.05, 4.69) is 0 Å². The van der Waals surface area contributed by atoms with Crippen LogP contribution in [-0.2, 0) is 9.59 Å². The first kappa shape index (κ1) is 21.0. The number of aliphatic hydroxyl groups excluding tert-OH is 1. The first-order chi connectivity index (χ1) is 13.4. The van der Waals surface area contributed by atoms with Gasteiger partial charge in [0.05, 0.1) is 4.91 Å². The van der Waals surface area contributed by atoms with Gasteiger partial charge in [0.15, 0.2) is 0 Å². The van der Waals surface area contributed by atoms with Gasteiger partial charge < -0.3 is 10.0 Å². The molecule has 2 unspecified atom stereocenters. The molecule has 8 heteroatoms. The van der Waals surface area contributed by atoms with Crippen molar-refractivity contribution in [2.45, 2.75) is 44.7 Å². The summed E-state index contributed by atoms with van der Waals surface area (Å²) in [6.45, 7) is 2.31. The fourth-order valence-corrected chi connectivity index (χ4v) is 5.05. The van der Waals surface area contributed by atoms with Crippen LogP contribution in [0.5, 0.6) is 0 Å². The van der Waals surface area contributed by atoms with Crippen molar-refractivity contribution < 1.29 is 19.1 Å². The Labute approximate surface area is 173 Å². The highest BCUT2D eigenvalue weighted by Crippen LogP contribution is 2.35. The van der Waals surface area contributed by atoms with Gasteiger partial charge in [0, 0.05) is 24.8 Å². The zero-order valence-corrected chi connectivity index (χ0v) is 17.3. The van der Waals surface area contributed by atoms with Crippen LogP contribution in [-0.4, -0.2) is 56.3 Å². The molecule has 28 heavy (non-hydrogen) atoms. The van der Waals surface area contributed by atoms with Gasteiger partial charge in [-0.25, -0.2) is 4.39 Å². The molecule has 0 bridgehead atoms. The van der Waals surface area contributed by atoms with Gasteiger partial charge in [0.2, 0.25) is 5.91 Å². The first-order valence-corrected chi connectivity index (χ1v) is 10.6. The number of likely N-dealkylation sites (tertiary alicyclic amines) is 1. The number of benzene rings is 1. The van der Waals surface area contributed by atoms with Crippen LogP contribution in [0.1, 0.15) is 38.2 Å². The van der Waals surface area contributed by atoms with Crippen LogP contribution in [0, 0.1) is 5.82 Å². The average Bonchev–Trinajstić information content (AvgIpc) is 2.96. The van der Waals surface area contributed by atoms with E-state index in [1.54, 1.807) is 30.0 Å². The Morgan fingerprint density at radius 1 is 1.43 bits per heavy atom. The Hall–Kier alpha value is -1.77. The monoisotopic (exact) mass is 422 g/mol. The lowest BCUT2D eigenvalue weighted by atomic mass is 9.98. The highest BCUT2D eigenvalue weighted by Gasteiger charge is 2.41. The number of rotatable bonds is 5. The zero-order chi connectivity index (χ0) is 20.3. The lowest BCUT2D eigenvalue weighted by Gasteiger charge is -2.38. The second-order valence-corrected chi connectivity index (χ2v) is 8.62. The van der Waals surface area contributed by atoms with E-state index < -0.39 is 11.9 Å². The molecule has 2 aliphatic rings. The molecule has 5 nitrogen and oxygen atoms in total. The van der Waals surface area contributed by atoms with Gasteiger partial charge in [-0.2, -0.15) is 0 Å². The third-order valence-electron chi connectivity index (χ3n) is 5.13. The van der Waals surface area contributed by atoms with Crippen molar-refractivity contribution in [3.8, 4) is 0 Å². The predicted octanol–water partition coefficient (Wildman–Crippen LogP) is 3.18. The predicted molar refractivity (Wildman–Crippen MR) is 112 cm³/mol. The van der Waals surface area contributed by atoms with Crippen molar-refractivity contribution in [2.75, 3.05) is 13.2 Å². The normalized spacial score (nSPS) is 22.8. The summed E-state index contributed by atoms with van der Waals surface area (Å²) in [5, 5.41) is 9.28. The maximum Gasteiger partial charge on any atom is 0.266 e. The minimum Gasteiger partial charge on any atom is -0.396 e. The Balaban J connectivity index is 1.79. The van der Waals surface area contributed by atoms with Gasteiger partial charge in [-0.15, -0.1) is 0 Å². The molecule has 2 saturated heterocycles. The molecule has 1 N–H and O–H groups in total. The summed E-state index contributed by atoms with van der Waals surface area (Å²) in [4.78, 5) is 29.4. The third-order valence-corrected chi connectivity index (χ3v) is 6.46. The molecule has 0 spiro atoms. The van der Waals surface area contributed by atoms with Crippen LogP contribution in [0.3, 0.4) is 0 Å². The average molecular weight is 423 g/mol. The SMILES string of the molecule is CC(C(=O)N1CCCCC1CCO)N1C(=O)C(=Cc2ccccc2F)SC1=S. The van der Waals surface area contributed by atoms with Gasteiger partial charge >= 0.3 is 0 Å². The summed E-state index contributed by atoms with van der Waals surface area (Å²) in [7, 11) is 0. The molecular weight excluding hydrogens is 399 g/mol. The number of halogens is 1. The molecule has 2 heterocycles. The molecule has 0 radical (unpaired) electrons. The van der Waals surface area contributed by atoms with Crippen molar-refractivity contribution in [1.82, 2.24) is 9.80 Å². The number of amides is 2. The lowest BCUT2D eigenvalue weighted by Crippen LogP contribution is -2.53. The number of carbonyl (C=O) groups is 2. The molecule has 1 aromatic rings. The molecule has 2 amide bonds. The van der Waals surface area contributed by atoms with E-state index in [0.717, 1.165) is 31.0 Å². The van der Waals surface area contributed by atoms with E-state index in [4.69, 9.17) is 12.2 Å². The summed E-state index contributed by atoms with van der Waals surface area (Å²) in [6, 6.07) is 5.44. The van der Waals surface area contributed by atoms with Crippen LogP contribution in [0.4, 0.5) is 4.39 Å². The minimum atomic E-state index is -0.738. The fraction of sp³-hybridized carbons (Fsp3) is 0.450. The number of carbonyl (C=O) groups excluding carboxylic acids is 2. The van der Waals surface area contributed by atoms with Gasteiger partial charge in [0.25, 0.3) is 5.91 Å². The lowest BCUT2D eigenvalue weighted by molar-refractivity contribution is -0.142. The molecular formula is C20H23FN2O3S2. The number of hydrogen-bond donors (Lipinski definition) is 1. The number of thiocarbonyl (C=S) groups is 1. The molecule has 0 saturated carbocycles. The number of hydrogen-bond acceptors (Lipinski definition) is 5. The summed E-state index contributed by atoms with van der Waals surface area (Å²) in [6.07, 6.45) is 4.79. The molecule has 1 aromatic carbocycles. The van der Waals surface area contributed by atoms with Gasteiger partial charge in [-0.05, 0) is 44.7 Å². The van der Waals surface area contributed by atoms with E-state index >= 15 is 0 Å². The molecule has 2 fully saturated rings. The molecule has 3 rings (SSSR count). The maximum absolute atomic E-state index is 13.9. The van der Waals surface area contributed by atoms with E-state index in [1.165, 1.54) is 17.0 Å². The quantitative estimate of drug-likeness (QED) is 0.583. The van der Waals surface area contributed by atoms with Crippen LogP contribution < -0.4 is 0 Å². The van der Waals surface area contributed by atoms with Crippen molar-refractivity contribution in [2.24, 2.45) is 0 Å². The minimum absolute atomic E-state index is 0.0129. The Morgan fingerprint density at radius 2 is 2.18 bits per heavy atom. The highest BCUT2D eigenvalue weighted by atomic mass is 32.2. The van der Waals surface area contributed by atoms with Crippen LogP contribution in [0.2, 0.25) is 0 Å². The van der Waals surface area contributed by atoms with Crippen molar-refractivity contribution >= 4 is 46.2 Å².